The summed E-state index contributed by atoms with van der Waals surface area (Å²) in [5.74, 6) is 0.133. The Kier molecular flexibility index (Phi) is 6.41. The standard InChI is InChI=1S/C22H23NOS/c24-22(13-7-4-10-18-8-2-1-3-9-18)23-16-19-11-5-6-12-21(19)20-14-15-25-17-20/h1-3,5-6,8-9,11-12,14-15,17H,4,7,10,13,16H2,(H,23,24). The number of nitrogens with one attached hydrogen (secondary N) is 1. The summed E-state index contributed by atoms with van der Waals surface area (Å²) in [6.45, 7) is 0.587. The Morgan fingerprint density at radius 2 is 1.72 bits per heavy atom. The van der Waals surface area contributed by atoms with Crippen molar-refractivity contribution < 1.29 is 4.79 Å². The van der Waals surface area contributed by atoms with Crippen LogP contribution in [-0.2, 0) is 17.8 Å². The van der Waals surface area contributed by atoms with Crippen molar-refractivity contribution in [3.63, 3.8) is 0 Å². The van der Waals surface area contributed by atoms with Gasteiger partial charge in [0.15, 0.2) is 0 Å². The molecule has 0 spiro atoms. The van der Waals surface area contributed by atoms with Gasteiger partial charge in [-0.05, 0) is 58.3 Å². The number of thiophene rings is 1. The summed E-state index contributed by atoms with van der Waals surface area (Å²) in [7, 11) is 0. The smallest absolute Gasteiger partial charge is 0.220 e. The zero-order valence-electron chi connectivity index (χ0n) is 14.3. The first-order chi connectivity index (χ1) is 12.3. The highest BCUT2D eigenvalue weighted by atomic mass is 32.1. The van der Waals surface area contributed by atoms with Crippen molar-refractivity contribution in [1.29, 1.82) is 0 Å². The Balaban J connectivity index is 1.44. The maximum atomic E-state index is 12.1. The monoisotopic (exact) mass is 349 g/mol. The van der Waals surface area contributed by atoms with E-state index in [1.807, 2.05) is 18.2 Å². The molecule has 128 valence electrons. The zero-order valence-corrected chi connectivity index (χ0v) is 15.1. The molecule has 0 aliphatic heterocycles. The molecule has 3 aromatic rings. The number of hydrogen-bond donors (Lipinski definition) is 1. The van der Waals surface area contributed by atoms with Crippen LogP contribution in [0.5, 0.6) is 0 Å². The van der Waals surface area contributed by atoms with Crippen molar-refractivity contribution in [2.24, 2.45) is 0 Å². The maximum Gasteiger partial charge on any atom is 0.220 e. The molecule has 0 aliphatic rings. The van der Waals surface area contributed by atoms with Crippen LogP contribution >= 0.6 is 11.3 Å². The largest absolute Gasteiger partial charge is 0.352 e. The second-order valence-corrected chi connectivity index (χ2v) is 6.92. The Morgan fingerprint density at radius 3 is 2.52 bits per heavy atom. The zero-order chi connectivity index (χ0) is 17.3. The Bertz CT molecular complexity index is 781. The van der Waals surface area contributed by atoms with Crippen LogP contribution in [0.25, 0.3) is 11.1 Å². The minimum atomic E-state index is 0.133. The van der Waals surface area contributed by atoms with Gasteiger partial charge in [-0.25, -0.2) is 0 Å². The van der Waals surface area contributed by atoms with Gasteiger partial charge in [0.05, 0.1) is 0 Å². The molecule has 1 heterocycles. The fourth-order valence-electron chi connectivity index (χ4n) is 2.92. The molecule has 3 rings (SSSR count). The number of unbranched alkanes of at least 4 members (excludes halogenated alkanes) is 1. The molecule has 2 aromatic carbocycles. The van der Waals surface area contributed by atoms with E-state index in [0.717, 1.165) is 19.3 Å². The van der Waals surface area contributed by atoms with E-state index in [4.69, 9.17) is 0 Å². The van der Waals surface area contributed by atoms with E-state index in [-0.39, 0.29) is 5.91 Å². The van der Waals surface area contributed by atoms with E-state index in [1.54, 1.807) is 11.3 Å². The van der Waals surface area contributed by atoms with Crippen LogP contribution in [0.1, 0.15) is 30.4 Å². The van der Waals surface area contributed by atoms with Gasteiger partial charge in [0.1, 0.15) is 0 Å². The predicted octanol–water partition coefficient (Wildman–Crippen LogP) is 5.44. The number of rotatable bonds is 8. The van der Waals surface area contributed by atoms with Crippen molar-refractivity contribution in [3.8, 4) is 11.1 Å². The molecule has 2 nitrogen and oxygen atoms in total. The van der Waals surface area contributed by atoms with E-state index in [2.05, 4.69) is 58.5 Å². The second-order valence-electron chi connectivity index (χ2n) is 6.14. The lowest BCUT2D eigenvalue weighted by molar-refractivity contribution is -0.121. The van der Waals surface area contributed by atoms with Crippen LogP contribution in [0.2, 0.25) is 0 Å². The van der Waals surface area contributed by atoms with Gasteiger partial charge in [0, 0.05) is 13.0 Å². The summed E-state index contributed by atoms with van der Waals surface area (Å²) in [6.07, 6.45) is 3.60. The normalized spacial score (nSPS) is 10.6. The maximum absolute atomic E-state index is 12.1. The third-order valence-corrected chi connectivity index (χ3v) is 4.97. The first kappa shape index (κ1) is 17.4. The summed E-state index contributed by atoms with van der Waals surface area (Å²) in [5, 5.41) is 7.29. The lowest BCUT2D eigenvalue weighted by Gasteiger charge is -2.10. The average molecular weight is 349 g/mol. The molecule has 3 heteroatoms. The molecule has 0 saturated heterocycles. The molecule has 25 heavy (non-hydrogen) atoms. The van der Waals surface area contributed by atoms with Gasteiger partial charge in [-0.3, -0.25) is 4.79 Å². The van der Waals surface area contributed by atoms with Crippen molar-refractivity contribution in [2.45, 2.75) is 32.2 Å². The molecule has 0 fully saturated rings. The molecule has 0 atom stereocenters. The number of benzene rings is 2. The summed E-state index contributed by atoms with van der Waals surface area (Å²) in [6, 6.07) is 20.8. The van der Waals surface area contributed by atoms with Gasteiger partial charge in [-0.15, -0.1) is 0 Å². The lowest BCUT2D eigenvalue weighted by atomic mass is 10.0. The Hall–Kier alpha value is -2.39. The fourth-order valence-corrected chi connectivity index (χ4v) is 3.57. The highest BCUT2D eigenvalue weighted by Crippen LogP contribution is 2.25. The van der Waals surface area contributed by atoms with Crippen LogP contribution in [0, 0.1) is 0 Å². The predicted molar refractivity (Wildman–Crippen MR) is 106 cm³/mol. The third-order valence-electron chi connectivity index (χ3n) is 4.29. The van der Waals surface area contributed by atoms with Crippen LogP contribution in [0.15, 0.2) is 71.4 Å². The first-order valence-electron chi connectivity index (χ1n) is 8.74. The summed E-state index contributed by atoms with van der Waals surface area (Å²) in [5.41, 5.74) is 4.93. The minimum Gasteiger partial charge on any atom is -0.352 e. The Morgan fingerprint density at radius 1 is 0.920 bits per heavy atom. The number of hydrogen-bond acceptors (Lipinski definition) is 2. The van der Waals surface area contributed by atoms with Crippen molar-refractivity contribution in [3.05, 3.63) is 82.6 Å². The number of aryl methyl sites for hydroxylation is 1. The number of amides is 1. The lowest BCUT2D eigenvalue weighted by Crippen LogP contribution is -2.22. The molecular formula is C22H23NOS. The Labute approximate surface area is 153 Å². The van der Waals surface area contributed by atoms with E-state index in [0.29, 0.717) is 13.0 Å². The van der Waals surface area contributed by atoms with Gasteiger partial charge in [0.2, 0.25) is 5.91 Å². The first-order valence-corrected chi connectivity index (χ1v) is 9.68. The van der Waals surface area contributed by atoms with E-state index < -0.39 is 0 Å². The molecular weight excluding hydrogens is 326 g/mol. The van der Waals surface area contributed by atoms with Crippen molar-refractivity contribution in [2.75, 3.05) is 0 Å². The van der Waals surface area contributed by atoms with Crippen LogP contribution < -0.4 is 5.32 Å². The van der Waals surface area contributed by atoms with E-state index in [9.17, 15) is 4.79 Å². The topological polar surface area (TPSA) is 29.1 Å². The van der Waals surface area contributed by atoms with Crippen molar-refractivity contribution in [1.82, 2.24) is 5.32 Å². The summed E-state index contributed by atoms with van der Waals surface area (Å²) in [4.78, 5) is 12.1. The van der Waals surface area contributed by atoms with Gasteiger partial charge in [-0.2, -0.15) is 11.3 Å². The highest BCUT2D eigenvalue weighted by molar-refractivity contribution is 7.08. The molecule has 1 aromatic heterocycles. The van der Waals surface area contributed by atoms with Crippen LogP contribution in [-0.4, -0.2) is 5.91 Å². The summed E-state index contributed by atoms with van der Waals surface area (Å²) >= 11 is 1.69. The molecule has 1 N–H and O–H groups in total. The molecule has 0 saturated carbocycles. The van der Waals surface area contributed by atoms with Crippen molar-refractivity contribution >= 4 is 17.2 Å². The molecule has 1 amide bonds. The third kappa shape index (κ3) is 5.30. The van der Waals surface area contributed by atoms with E-state index >= 15 is 0 Å². The minimum absolute atomic E-state index is 0.133. The second kappa shape index (κ2) is 9.19. The van der Waals surface area contributed by atoms with Gasteiger partial charge < -0.3 is 5.32 Å². The number of carbonyl (C=O) groups excluding carboxylic acids is 1. The van der Waals surface area contributed by atoms with Gasteiger partial charge in [0.25, 0.3) is 0 Å². The number of carbonyl (C=O) groups is 1. The van der Waals surface area contributed by atoms with Crippen LogP contribution in [0.4, 0.5) is 0 Å². The van der Waals surface area contributed by atoms with Gasteiger partial charge >= 0.3 is 0 Å². The SMILES string of the molecule is O=C(CCCCc1ccccc1)NCc1ccccc1-c1ccsc1. The molecule has 0 radical (unpaired) electrons. The molecule has 0 bridgehead atoms. The highest BCUT2D eigenvalue weighted by Gasteiger charge is 2.07. The average Bonchev–Trinajstić information content (AvgIpc) is 3.19. The summed E-state index contributed by atoms with van der Waals surface area (Å²) < 4.78 is 0. The van der Waals surface area contributed by atoms with Crippen LogP contribution in [0.3, 0.4) is 0 Å². The van der Waals surface area contributed by atoms with Gasteiger partial charge in [-0.1, -0.05) is 54.6 Å². The molecule has 0 unspecified atom stereocenters. The fraction of sp³-hybridized carbons (Fsp3) is 0.227. The molecule has 0 aliphatic carbocycles. The van der Waals surface area contributed by atoms with E-state index in [1.165, 1.54) is 22.3 Å². The quantitative estimate of drug-likeness (QED) is 0.539.